The van der Waals surface area contributed by atoms with E-state index in [4.69, 9.17) is 11.6 Å². The van der Waals surface area contributed by atoms with Crippen LogP contribution in [0.4, 0.5) is 13.2 Å². The van der Waals surface area contributed by atoms with Gasteiger partial charge in [0.15, 0.2) is 6.04 Å². The number of nitriles is 1. The molecule has 2 aromatic rings. The second kappa shape index (κ2) is 12.4. The van der Waals surface area contributed by atoms with E-state index >= 15 is 0 Å². The van der Waals surface area contributed by atoms with Gasteiger partial charge in [0.05, 0.1) is 22.4 Å². The van der Waals surface area contributed by atoms with E-state index in [1.165, 1.54) is 22.5 Å². The van der Waals surface area contributed by atoms with Gasteiger partial charge in [0.25, 0.3) is 0 Å². The van der Waals surface area contributed by atoms with Crippen molar-refractivity contribution in [3.05, 3.63) is 76.8 Å². The third kappa shape index (κ3) is 7.84. The molecule has 13 heteroatoms. The van der Waals surface area contributed by atoms with Crippen molar-refractivity contribution in [2.45, 2.75) is 55.9 Å². The van der Waals surface area contributed by atoms with E-state index in [9.17, 15) is 31.6 Å². The van der Waals surface area contributed by atoms with E-state index in [0.29, 0.717) is 16.2 Å². The molecule has 2 N–H and O–H groups in total. The highest BCUT2D eigenvalue weighted by Crippen LogP contribution is 2.26. The number of nitrogens with one attached hydrogen (secondary N) is 2. The van der Waals surface area contributed by atoms with Gasteiger partial charge in [-0.25, -0.2) is 8.42 Å². The molecule has 0 radical (unpaired) electrons. The molecule has 1 aliphatic heterocycles. The van der Waals surface area contributed by atoms with E-state index in [2.05, 4.69) is 22.2 Å². The quantitative estimate of drug-likeness (QED) is 0.395. The zero-order valence-corrected chi connectivity index (χ0v) is 23.5. The lowest BCUT2D eigenvalue weighted by molar-refractivity contribution is -0.136. The van der Waals surface area contributed by atoms with Crippen molar-refractivity contribution in [2.75, 3.05) is 13.1 Å². The number of alkyl halides is 3. The van der Waals surface area contributed by atoms with Crippen LogP contribution < -0.4 is 10.6 Å². The molecule has 0 aromatic heterocycles. The second-order valence-corrected chi connectivity index (χ2v) is 12.2. The molecule has 40 heavy (non-hydrogen) atoms. The maximum Gasteiger partial charge on any atom is 0.390 e. The minimum atomic E-state index is -4.40. The Morgan fingerprint density at radius 1 is 1.23 bits per heavy atom. The van der Waals surface area contributed by atoms with E-state index < -0.39 is 46.7 Å². The summed E-state index contributed by atoms with van der Waals surface area (Å²) in [6.07, 6.45) is -5.44. The van der Waals surface area contributed by atoms with Gasteiger partial charge < -0.3 is 10.6 Å². The topological polar surface area (TPSA) is 115 Å². The highest BCUT2D eigenvalue weighted by Gasteiger charge is 2.41. The first-order valence-corrected chi connectivity index (χ1v) is 14.1. The van der Waals surface area contributed by atoms with Gasteiger partial charge in [0.1, 0.15) is 11.9 Å². The number of carbonyl (C=O) groups is 1. The molecule has 1 amide bonds. The first-order chi connectivity index (χ1) is 18.6. The molecule has 0 unspecified atom stereocenters. The summed E-state index contributed by atoms with van der Waals surface area (Å²) in [4.78, 5) is 16.8. The number of carbonyl (C=O) groups excluding carboxylic acids is 1. The van der Waals surface area contributed by atoms with E-state index in [1.807, 2.05) is 6.07 Å². The van der Waals surface area contributed by atoms with Crippen molar-refractivity contribution in [1.29, 1.82) is 5.26 Å². The largest absolute Gasteiger partial charge is 0.390 e. The second-order valence-electron chi connectivity index (χ2n) is 9.81. The zero-order valence-electron chi connectivity index (χ0n) is 21.9. The molecule has 3 rings (SSSR count). The molecule has 1 atom stereocenters. The van der Waals surface area contributed by atoms with Crippen LogP contribution in [0.2, 0.25) is 5.02 Å². The molecule has 0 spiro atoms. The van der Waals surface area contributed by atoms with E-state index in [1.54, 1.807) is 44.2 Å². The minimum Gasteiger partial charge on any atom is -0.363 e. The molecule has 0 bridgehead atoms. The molecule has 1 aliphatic rings. The Morgan fingerprint density at radius 3 is 2.50 bits per heavy atom. The molecule has 0 saturated carbocycles. The monoisotopic (exact) mass is 595 g/mol. The van der Waals surface area contributed by atoms with E-state index in [0.717, 1.165) is 0 Å². The number of amides is 1. The average molecular weight is 596 g/mol. The van der Waals surface area contributed by atoms with Crippen LogP contribution in [-0.4, -0.2) is 55.3 Å². The summed E-state index contributed by atoms with van der Waals surface area (Å²) in [6.45, 7) is 6.75. The molecular weight excluding hydrogens is 567 g/mol. The van der Waals surface area contributed by atoms with Gasteiger partial charge in [0.2, 0.25) is 15.9 Å². The first-order valence-electron chi connectivity index (χ1n) is 12.3. The Labute approximate surface area is 236 Å². The van der Waals surface area contributed by atoms with Crippen LogP contribution in [0.15, 0.2) is 70.6 Å². The Balaban J connectivity index is 1.80. The lowest BCUT2D eigenvalue weighted by Crippen LogP contribution is -2.51. The number of amidine groups is 1. The maximum atomic E-state index is 13.7. The standard InChI is InChI=1S/C27H29ClF3N5O3S/c1-18(24-34-23(26(2,3)35-24)25(37)33-14-13-27(29,30)31)12-15-36(17-19-8-10-21(28)11-9-19)40(38,39)22-7-5-4-6-20(22)16-32/h4-11,23H,1,12-15,17H2,2-3H3,(H,33,37)(H,34,35)/t23-/m0/s1. The number of halogens is 4. The predicted octanol–water partition coefficient (Wildman–Crippen LogP) is 4.57. The molecule has 2 aromatic carbocycles. The Kier molecular flexibility index (Phi) is 9.66. The van der Waals surface area contributed by atoms with Gasteiger partial charge >= 0.3 is 6.18 Å². The van der Waals surface area contributed by atoms with Crippen LogP contribution in [0.3, 0.4) is 0 Å². The summed E-state index contributed by atoms with van der Waals surface area (Å²) in [6, 6.07) is 13.5. The predicted molar refractivity (Wildman–Crippen MR) is 146 cm³/mol. The number of hydrogen-bond donors (Lipinski definition) is 2. The Morgan fingerprint density at radius 2 is 1.88 bits per heavy atom. The van der Waals surface area contributed by atoms with Crippen LogP contribution >= 0.6 is 11.6 Å². The SMILES string of the molecule is C=C(CCN(Cc1ccc(Cl)cc1)S(=O)(=O)c1ccccc1C#N)C1=N[C@@H](C(=O)NCCC(F)(F)F)C(C)(C)N1. The summed E-state index contributed by atoms with van der Waals surface area (Å²) in [5.41, 5.74) is 0.163. The molecule has 0 fully saturated rings. The van der Waals surface area contributed by atoms with Crippen LogP contribution in [0.25, 0.3) is 0 Å². The summed E-state index contributed by atoms with van der Waals surface area (Å²) >= 11 is 5.98. The van der Waals surface area contributed by atoms with Crippen molar-refractivity contribution in [3.8, 4) is 6.07 Å². The minimum absolute atomic E-state index is 0.00499. The summed E-state index contributed by atoms with van der Waals surface area (Å²) in [5.74, 6) is -0.396. The number of hydrogen-bond acceptors (Lipinski definition) is 6. The Hall–Kier alpha value is -3.40. The molecule has 1 heterocycles. The number of aliphatic imine (C=N–C) groups is 1. The molecule has 8 nitrogen and oxygen atoms in total. The highest BCUT2D eigenvalue weighted by atomic mass is 35.5. The Bertz CT molecular complexity index is 1430. The lowest BCUT2D eigenvalue weighted by atomic mass is 9.96. The molecular formula is C27H29ClF3N5O3S. The number of rotatable bonds is 11. The van der Waals surface area contributed by atoms with Gasteiger partial charge in [0, 0.05) is 24.7 Å². The third-order valence-corrected chi connectivity index (χ3v) is 8.39. The van der Waals surface area contributed by atoms with Crippen molar-refractivity contribution in [1.82, 2.24) is 14.9 Å². The summed E-state index contributed by atoms with van der Waals surface area (Å²) < 4.78 is 66.0. The van der Waals surface area contributed by atoms with Gasteiger partial charge in [-0.05, 0) is 55.7 Å². The van der Waals surface area contributed by atoms with E-state index in [-0.39, 0.29) is 35.8 Å². The van der Waals surface area contributed by atoms with Crippen LogP contribution in [0.1, 0.15) is 37.8 Å². The van der Waals surface area contributed by atoms with Gasteiger partial charge in [-0.3, -0.25) is 9.79 Å². The average Bonchev–Trinajstić information content (AvgIpc) is 3.21. The maximum absolute atomic E-state index is 13.7. The fourth-order valence-corrected chi connectivity index (χ4v) is 5.76. The zero-order chi connectivity index (χ0) is 29.7. The van der Waals surface area contributed by atoms with Gasteiger partial charge in [-0.15, -0.1) is 0 Å². The van der Waals surface area contributed by atoms with Gasteiger partial charge in [-0.2, -0.15) is 22.7 Å². The number of benzene rings is 2. The molecule has 0 saturated heterocycles. The number of nitrogens with zero attached hydrogens (tertiary/aromatic N) is 3. The lowest BCUT2D eigenvalue weighted by Gasteiger charge is -2.26. The highest BCUT2D eigenvalue weighted by molar-refractivity contribution is 7.89. The number of sulfonamides is 1. The fourth-order valence-electron chi connectivity index (χ4n) is 4.07. The van der Waals surface area contributed by atoms with Crippen LogP contribution in [0.5, 0.6) is 0 Å². The third-order valence-electron chi connectivity index (χ3n) is 6.23. The van der Waals surface area contributed by atoms with Gasteiger partial charge in [-0.1, -0.05) is 42.4 Å². The molecule has 0 aliphatic carbocycles. The van der Waals surface area contributed by atoms with Crippen molar-refractivity contribution in [3.63, 3.8) is 0 Å². The van der Waals surface area contributed by atoms with Crippen LogP contribution in [0, 0.1) is 11.3 Å². The van der Waals surface area contributed by atoms with Crippen LogP contribution in [-0.2, 0) is 21.4 Å². The summed E-state index contributed by atoms with van der Waals surface area (Å²) in [5, 5.41) is 15.3. The smallest absolute Gasteiger partial charge is 0.363 e. The van der Waals surface area contributed by atoms with Crippen molar-refractivity contribution in [2.24, 2.45) is 4.99 Å². The normalized spacial score (nSPS) is 16.6. The van der Waals surface area contributed by atoms with Crippen molar-refractivity contribution < 1.29 is 26.4 Å². The molecule has 214 valence electrons. The van der Waals surface area contributed by atoms with Crippen molar-refractivity contribution >= 4 is 33.4 Å². The summed E-state index contributed by atoms with van der Waals surface area (Å²) in [7, 11) is -4.12. The first kappa shape index (κ1) is 31.1. The fraction of sp³-hybridized carbons (Fsp3) is 0.370.